The molecule has 0 saturated heterocycles. The Morgan fingerprint density at radius 1 is 1.37 bits per heavy atom. The van der Waals surface area contributed by atoms with Crippen molar-refractivity contribution in [2.75, 3.05) is 12.3 Å². The van der Waals surface area contributed by atoms with Crippen LogP contribution in [-0.4, -0.2) is 23.4 Å². The summed E-state index contributed by atoms with van der Waals surface area (Å²) in [7, 11) is 0. The SMILES string of the molecule is CCN(C(=O)c1cccc(N)c1Br)C1CCCCC1. The topological polar surface area (TPSA) is 46.3 Å². The molecule has 1 aromatic carbocycles. The first kappa shape index (κ1) is 14.4. The van der Waals surface area contributed by atoms with E-state index < -0.39 is 0 Å². The maximum Gasteiger partial charge on any atom is 0.255 e. The third-order valence-corrected chi connectivity index (χ3v) is 4.76. The Kier molecular flexibility index (Phi) is 4.86. The summed E-state index contributed by atoms with van der Waals surface area (Å²) in [5, 5.41) is 0. The fourth-order valence-electron chi connectivity index (χ4n) is 2.83. The first-order chi connectivity index (χ1) is 9.15. The van der Waals surface area contributed by atoms with E-state index in [0.717, 1.165) is 19.4 Å². The lowest BCUT2D eigenvalue weighted by molar-refractivity contribution is 0.0647. The Morgan fingerprint density at radius 2 is 2.05 bits per heavy atom. The summed E-state index contributed by atoms with van der Waals surface area (Å²) in [6.07, 6.45) is 6.00. The number of anilines is 1. The van der Waals surface area contributed by atoms with E-state index in [1.807, 2.05) is 24.0 Å². The predicted molar refractivity (Wildman–Crippen MR) is 82.1 cm³/mol. The molecular weight excluding hydrogens is 304 g/mol. The number of carbonyl (C=O) groups excluding carboxylic acids is 1. The molecule has 2 rings (SSSR count). The summed E-state index contributed by atoms with van der Waals surface area (Å²) in [4.78, 5) is 14.7. The van der Waals surface area contributed by atoms with Gasteiger partial charge in [-0.1, -0.05) is 25.3 Å². The van der Waals surface area contributed by atoms with Crippen LogP contribution in [-0.2, 0) is 0 Å². The van der Waals surface area contributed by atoms with Crippen molar-refractivity contribution in [2.45, 2.75) is 45.1 Å². The van der Waals surface area contributed by atoms with Gasteiger partial charge in [0.2, 0.25) is 0 Å². The van der Waals surface area contributed by atoms with Crippen LogP contribution >= 0.6 is 15.9 Å². The van der Waals surface area contributed by atoms with Gasteiger partial charge in [-0.2, -0.15) is 0 Å². The molecule has 0 atom stereocenters. The minimum atomic E-state index is 0.0913. The van der Waals surface area contributed by atoms with Crippen molar-refractivity contribution in [3.63, 3.8) is 0 Å². The third kappa shape index (κ3) is 3.11. The van der Waals surface area contributed by atoms with Crippen molar-refractivity contribution in [1.29, 1.82) is 0 Å². The van der Waals surface area contributed by atoms with E-state index in [-0.39, 0.29) is 5.91 Å². The molecule has 2 N–H and O–H groups in total. The number of hydrogen-bond donors (Lipinski definition) is 1. The number of carbonyl (C=O) groups is 1. The standard InChI is InChI=1S/C15H21BrN2O/c1-2-18(11-7-4-3-5-8-11)15(19)12-9-6-10-13(17)14(12)16/h6,9-11H,2-5,7-8,17H2,1H3. The number of nitrogens with two attached hydrogens (primary N) is 1. The van der Waals surface area contributed by atoms with Gasteiger partial charge in [0, 0.05) is 18.3 Å². The van der Waals surface area contributed by atoms with E-state index in [4.69, 9.17) is 5.73 Å². The molecule has 1 aliphatic rings. The molecule has 0 aliphatic heterocycles. The summed E-state index contributed by atoms with van der Waals surface area (Å²) in [5.41, 5.74) is 7.15. The highest BCUT2D eigenvalue weighted by Gasteiger charge is 2.26. The number of amides is 1. The van der Waals surface area contributed by atoms with Crippen molar-refractivity contribution in [2.24, 2.45) is 0 Å². The van der Waals surface area contributed by atoms with Gasteiger partial charge in [0.05, 0.1) is 10.0 Å². The van der Waals surface area contributed by atoms with Crippen LogP contribution in [0, 0.1) is 0 Å². The summed E-state index contributed by atoms with van der Waals surface area (Å²) < 4.78 is 0.717. The van der Waals surface area contributed by atoms with Crippen LogP contribution in [0.15, 0.2) is 22.7 Å². The first-order valence-corrected chi connectivity index (χ1v) is 7.79. The molecule has 0 heterocycles. The summed E-state index contributed by atoms with van der Waals surface area (Å²) >= 11 is 3.43. The maximum absolute atomic E-state index is 12.7. The van der Waals surface area contributed by atoms with Crippen LogP contribution in [0.5, 0.6) is 0 Å². The van der Waals surface area contributed by atoms with E-state index in [0.29, 0.717) is 21.8 Å². The molecule has 1 aromatic rings. The molecule has 1 saturated carbocycles. The zero-order chi connectivity index (χ0) is 13.8. The van der Waals surface area contributed by atoms with Crippen LogP contribution in [0.1, 0.15) is 49.4 Å². The fraction of sp³-hybridized carbons (Fsp3) is 0.533. The number of hydrogen-bond acceptors (Lipinski definition) is 2. The van der Waals surface area contributed by atoms with Crippen LogP contribution in [0.25, 0.3) is 0 Å². The second kappa shape index (κ2) is 6.42. The highest BCUT2D eigenvalue weighted by atomic mass is 79.9. The van der Waals surface area contributed by atoms with Gasteiger partial charge in [-0.25, -0.2) is 0 Å². The zero-order valence-corrected chi connectivity index (χ0v) is 12.9. The van der Waals surface area contributed by atoms with Gasteiger partial charge in [-0.15, -0.1) is 0 Å². The van der Waals surface area contributed by atoms with Gasteiger partial charge in [0.1, 0.15) is 0 Å². The lowest BCUT2D eigenvalue weighted by atomic mass is 9.93. The quantitative estimate of drug-likeness (QED) is 0.859. The number of halogens is 1. The highest BCUT2D eigenvalue weighted by molar-refractivity contribution is 9.10. The highest BCUT2D eigenvalue weighted by Crippen LogP contribution is 2.28. The Labute approximate surface area is 123 Å². The molecule has 1 fully saturated rings. The maximum atomic E-state index is 12.7. The fourth-order valence-corrected chi connectivity index (χ4v) is 3.26. The molecule has 0 bridgehead atoms. The van der Waals surface area contributed by atoms with Crippen molar-refractivity contribution < 1.29 is 4.79 Å². The normalized spacial score (nSPS) is 16.3. The predicted octanol–water partition coefficient (Wildman–Crippen LogP) is 3.83. The van der Waals surface area contributed by atoms with Crippen LogP contribution in [0.3, 0.4) is 0 Å². The Bertz CT molecular complexity index is 455. The Hall–Kier alpha value is -1.03. The average molecular weight is 325 g/mol. The van der Waals surface area contributed by atoms with Gasteiger partial charge in [0.15, 0.2) is 0 Å². The smallest absolute Gasteiger partial charge is 0.255 e. The minimum Gasteiger partial charge on any atom is -0.398 e. The van der Waals surface area contributed by atoms with E-state index in [1.54, 1.807) is 6.07 Å². The van der Waals surface area contributed by atoms with Crippen molar-refractivity contribution >= 4 is 27.5 Å². The number of benzene rings is 1. The molecule has 1 amide bonds. The molecule has 0 radical (unpaired) electrons. The van der Waals surface area contributed by atoms with Gasteiger partial charge < -0.3 is 10.6 Å². The molecule has 0 aromatic heterocycles. The monoisotopic (exact) mass is 324 g/mol. The average Bonchev–Trinajstić information content (AvgIpc) is 2.44. The number of nitrogens with zero attached hydrogens (tertiary/aromatic N) is 1. The molecule has 19 heavy (non-hydrogen) atoms. The second-order valence-electron chi connectivity index (χ2n) is 5.09. The molecular formula is C15H21BrN2O. The molecule has 104 valence electrons. The van der Waals surface area contributed by atoms with Crippen LogP contribution in [0.4, 0.5) is 5.69 Å². The molecule has 1 aliphatic carbocycles. The number of rotatable bonds is 3. The molecule has 0 unspecified atom stereocenters. The minimum absolute atomic E-state index is 0.0913. The number of nitrogen functional groups attached to an aromatic ring is 1. The summed E-state index contributed by atoms with van der Waals surface area (Å²) in [6.45, 7) is 2.80. The largest absolute Gasteiger partial charge is 0.398 e. The van der Waals surface area contributed by atoms with E-state index in [2.05, 4.69) is 15.9 Å². The van der Waals surface area contributed by atoms with Gasteiger partial charge in [-0.05, 0) is 47.8 Å². The Balaban J connectivity index is 2.22. The summed E-state index contributed by atoms with van der Waals surface area (Å²) in [5.74, 6) is 0.0913. The van der Waals surface area contributed by atoms with Crippen molar-refractivity contribution in [3.05, 3.63) is 28.2 Å². The molecule has 3 nitrogen and oxygen atoms in total. The lowest BCUT2D eigenvalue weighted by Gasteiger charge is -2.34. The van der Waals surface area contributed by atoms with E-state index >= 15 is 0 Å². The van der Waals surface area contributed by atoms with Crippen molar-refractivity contribution in [3.8, 4) is 0 Å². The first-order valence-electron chi connectivity index (χ1n) is 7.00. The lowest BCUT2D eigenvalue weighted by Crippen LogP contribution is -2.41. The second-order valence-corrected chi connectivity index (χ2v) is 5.88. The Morgan fingerprint density at radius 3 is 2.68 bits per heavy atom. The zero-order valence-electron chi connectivity index (χ0n) is 11.4. The van der Waals surface area contributed by atoms with Crippen molar-refractivity contribution in [1.82, 2.24) is 4.90 Å². The van der Waals surface area contributed by atoms with Gasteiger partial charge in [0.25, 0.3) is 5.91 Å². The van der Waals surface area contributed by atoms with E-state index in [1.165, 1.54) is 19.3 Å². The van der Waals surface area contributed by atoms with E-state index in [9.17, 15) is 4.79 Å². The summed E-state index contributed by atoms with van der Waals surface area (Å²) in [6, 6.07) is 5.87. The third-order valence-electron chi connectivity index (χ3n) is 3.88. The molecule has 0 spiro atoms. The van der Waals surface area contributed by atoms with Gasteiger partial charge in [-0.3, -0.25) is 4.79 Å². The van der Waals surface area contributed by atoms with Crippen LogP contribution < -0.4 is 5.73 Å². The van der Waals surface area contributed by atoms with Gasteiger partial charge >= 0.3 is 0 Å². The molecule has 4 heteroatoms. The van der Waals surface area contributed by atoms with Crippen LogP contribution in [0.2, 0.25) is 0 Å².